The van der Waals surface area contributed by atoms with Crippen LogP contribution in [0.2, 0.25) is 0 Å². The van der Waals surface area contributed by atoms with Gasteiger partial charge in [-0.05, 0) is 25.7 Å². The van der Waals surface area contributed by atoms with Crippen LogP contribution < -0.4 is 11.1 Å². The summed E-state index contributed by atoms with van der Waals surface area (Å²) < 4.78 is 0. The molecule has 5 heteroatoms. The molecule has 0 aromatic rings. The van der Waals surface area contributed by atoms with Gasteiger partial charge in [0, 0.05) is 26.1 Å². The largest absolute Gasteiger partial charge is 0.370 e. The summed E-state index contributed by atoms with van der Waals surface area (Å²) in [5.41, 5.74) is 6.06. The third-order valence-corrected chi connectivity index (χ3v) is 3.87. The van der Waals surface area contributed by atoms with Crippen LogP contribution in [0.15, 0.2) is 4.99 Å². The molecule has 1 aliphatic heterocycles. The zero-order valence-electron chi connectivity index (χ0n) is 11.2. The Labute approximate surface area is 109 Å². The maximum Gasteiger partial charge on any atom is 0.217 e. The third kappa shape index (κ3) is 3.62. The molecule has 3 N–H and O–H groups in total. The Kier molecular flexibility index (Phi) is 4.44. The Hall–Kier alpha value is -1.26. The molecule has 2 fully saturated rings. The lowest BCUT2D eigenvalue weighted by Crippen LogP contribution is -2.48. The average molecular weight is 252 g/mol. The molecule has 0 spiro atoms. The molecular formula is C13H24N4O. The first-order valence-electron chi connectivity index (χ1n) is 7.00. The number of hydrogen-bond acceptors (Lipinski definition) is 2. The van der Waals surface area contributed by atoms with E-state index in [-0.39, 0.29) is 5.91 Å². The van der Waals surface area contributed by atoms with Gasteiger partial charge in [0.1, 0.15) is 0 Å². The van der Waals surface area contributed by atoms with Crippen LogP contribution in [0, 0.1) is 0 Å². The highest BCUT2D eigenvalue weighted by atomic mass is 16.1. The molecule has 5 nitrogen and oxygen atoms in total. The first-order chi connectivity index (χ1) is 8.65. The van der Waals surface area contributed by atoms with Gasteiger partial charge in [-0.3, -0.25) is 4.79 Å². The summed E-state index contributed by atoms with van der Waals surface area (Å²) in [4.78, 5) is 17.8. The maximum absolute atomic E-state index is 11.0. The van der Waals surface area contributed by atoms with Crippen LogP contribution in [0.5, 0.6) is 0 Å². The predicted octanol–water partition coefficient (Wildman–Crippen LogP) is 0.844. The Morgan fingerprint density at radius 3 is 2.39 bits per heavy atom. The van der Waals surface area contributed by atoms with Gasteiger partial charge in [0.05, 0.1) is 6.04 Å². The fourth-order valence-electron chi connectivity index (χ4n) is 2.84. The minimum absolute atomic E-state index is 0.0565. The summed E-state index contributed by atoms with van der Waals surface area (Å²) >= 11 is 0. The highest BCUT2D eigenvalue weighted by Gasteiger charge is 2.22. The van der Waals surface area contributed by atoms with E-state index in [1.165, 1.54) is 25.7 Å². The number of likely N-dealkylation sites (tertiary alicyclic amines) is 1. The number of nitrogens with zero attached hydrogens (tertiary/aromatic N) is 2. The molecule has 2 rings (SSSR count). The van der Waals surface area contributed by atoms with E-state index in [0.29, 0.717) is 18.0 Å². The number of nitrogens with two attached hydrogens (primary N) is 1. The number of carbonyl (C=O) groups is 1. The number of rotatable bonds is 2. The molecule has 0 unspecified atom stereocenters. The summed E-state index contributed by atoms with van der Waals surface area (Å²) in [6.07, 6.45) is 6.85. The highest BCUT2D eigenvalue weighted by Crippen LogP contribution is 2.21. The van der Waals surface area contributed by atoms with Crippen molar-refractivity contribution in [1.29, 1.82) is 0 Å². The number of aliphatic imine (C=N–C) groups is 1. The molecule has 1 amide bonds. The van der Waals surface area contributed by atoms with Crippen molar-refractivity contribution in [3.8, 4) is 0 Å². The van der Waals surface area contributed by atoms with Crippen LogP contribution in [0.3, 0.4) is 0 Å². The van der Waals surface area contributed by atoms with Gasteiger partial charge >= 0.3 is 0 Å². The first-order valence-corrected chi connectivity index (χ1v) is 7.00. The lowest BCUT2D eigenvalue weighted by atomic mass is 10.1. The zero-order chi connectivity index (χ0) is 13.0. The molecule has 0 aromatic heterocycles. The number of carbonyl (C=O) groups excluding carboxylic acids is 1. The Morgan fingerprint density at radius 1 is 1.22 bits per heavy atom. The summed E-state index contributed by atoms with van der Waals surface area (Å²) in [6, 6.07) is 0.746. The van der Waals surface area contributed by atoms with Crippen LogP contribution in [-0.4, -0.2) is 41.9 Å². The number of guanidine groups is 1. The molecule has 2 aliphatic rings. The first kappa shape index (κ1) is 13.2. The zero-order valence-corrected chi connectivity index (χ0v) is 11.2. The quantitative estimate of drug-likeness (QED) is 0.565. The Bertz CT molecular complexity index is 315. The minimum Gasteiger partial charge on any atom is -0.370 e. The number of amides is 1. The summed E-state index contributed by atoms with van der Waals surface area (Å²) in [5.74, 6) is 0.754. The van der Waals surface area contributed by atoms with Crippen molar-refractivity contribution in [2.24, 2.45) is 10.7 Å². The second kappa shape index (κ2) is 6.07. The molecule has 1 heterocycles. The lowest BCUT2D eigenvalue weighted by molar-refractivity contribution is -0.119. The van der Waals surface area contributed by atoms with E-state index in [1.54, 1.807) is 6.92 Å². The van der Waals surface area contributed by atoms with Crippen LogP contribution in [0.4, 0.5) is 0 Å². The fraction of sp³-hybridized carbons (Fsp3) is 0.846. The van der Waals surface area contributed by atoms with Gasteiger partial charge in [0.25, 0.3) is 0 Å². The van der Waals surface area contributed by atoms with E-state index >= 15 is 0 Å². The molecule has 0 aromatic carbocycles. The SMILES string of the molecule is CC(=O)NC1CCN(C(N)=NC2CCCC2)CC1. The molecule has 0 bridgehead atoms. The molecule has 1 aliphatic carbocycles. The monoisotopic (exact) mass is 252 g/mol. The van der Waals surface area contributed by atoms with Gasteiger partial charge < -0.3 is 16.0 Å². The lowest BCUT2D eigenvalue weighted by Gasteiger charge is -2.33. The second-order valence-electron chi connectivity index (χ2n) is 5.39. The standard InChI is InChI=1S/C13H24N4O/c1-10(18)15-12-6-8-17(9-7-12)13(14)16-11-4-2-3-5-11/h11-12H,2-9H2,1H3,(H2,14,16)(H,15,18). The van der Waals surface area contributed by atoms with Crippen molar-refractivity contribution in [2.45, 2.75) is 57.5 Å². The van der Waals surface area contributed by atoms with E-state index in [9.17, 15) is 4.79 Å². The summed E-state index contributed by atoms with van der Waals surface area (Å²) in [5, 5.41) is 2.97. The molecule has 1 saturated carbocycles. The molecule has 0 radical (unpaired) electrons. The molecule has 102 valence electrons. The molecular weight excluding hydrogens is 228 g/mol. The van der Waals surface area contributed by atoms with Crippen LogP contribution in [-0.2, 0) is 4.79 Å². The molecule has 18 heavy (non-hydrogen) atoms. The van der Waals surface area contributed by atoms with Crippen molar-refractivity contribution in [3.63, 3.8) is 0 Å². The van der Waals surface area contributed by atoms with Crippen LogP contribution in [0.25, 0.3) is 0 Å². The predicted molar refractivity (Wildman–Crippen MR) is 72.3 cm³/mol. The van der Waals surface area contributed by atoms with Crippen molar-refractivity contribution < 1.29 is 4.79 Å². The normalized spacial score (nSPS) is 23.4. The summed E-state index contributed by atoms with van der Waals surface area (Å²) in [7, 11) is 0. The highest BCUT2D eigenvalue weighted by molar-refractivity contribution is 5.78. The van der Waals surface area contributed by atoms with Gasteiger partial charge in [0.15, 0.2) is 5.96 Å². The van der Waals surface area contributed by atoms with Crippen molar-refractivity contribution in [2.75, 3.05) is 13.1 Å². The molecule has 0 atom stereocenters. The Morgan fingerprint density at radius 2 is 1.83 bits per heavy atom. The minimum atomic E-state index is 0.0565. The van der Waals surface area contributed by atoms with Gasteiger partial charge in [-0.15, -0.1) is 0 Å². The third-order valence-electron chi connectivity index (χ3n) is 3.87. The average Bonchev–Trinajstić information content (AvgIpc) is 2.82. The van der Waals surface area contributed by atoms with E-state index in [2.05, 4.69) is 15.2 Å². The molecule has 1 saturated heterocycles. The van der Waals surface area contributed by atoms with E-state index in [1.807, 2.05) is 0 Å². The summed E-state index contributed by atoms with van der Waals surface area (Å²) in [6.45, 7) is 3.36. The number of piperidine rings is 1. The topological polar surface area (TPSA) is 70.7 Å². The van der Waals surface area contributed by atoms with Crippen LogP contribution in [0.1, 0.15) is 45.4 Å². The fourth-order valence-corrected chi connectivity index (χ4v) is 2.84. The smallest absolute Gasteiger partial charge is 0.217 e. The van der Waals surface area contributed by atoms with Gasteiger partial charge in [-0.25, -0.2) is 4.99 Å². The van der Waals surface area contributed by atoms with Gasteiger partial charge in [-0.1, -0.05) is 12.8 Å². The van der Waals surface area contributed by atoms with E-state index < -0.39 is 0 Å². The maximum atomic E-state index is 11.0. The van der Waals surface area contributed by atoms with Gasteiger partial charge in [-0.2, -0.15) is 0 Å². The Balaban J connectivity index is 1.79. The van der Waals surface area contributed by atoms with Gasteiger partial charge in [0.2, 0.25) is 5.91 Å². The second-order valence-corrected chi connectivity index (χ2v) is 5.39. The number of nitrogens with one attached hydrogen (secondary N) is 1. The van der Waals surface area contributed by atoms with Crippen molar-refractivity contribution in [3.05, 3.63) is 0 Å². The van der Waals surface area contributed by atoms with E-state index in [4.69, 9.17) is 5.73 Å². The van der Waals surface area contributed by atoms with Crippen molar-refractivity contribution >= 4 is 11.9 Å². The van der Waals surface area contributed by atoms with E-state index in [0.717, 1.165) is 25.9 Å². The number of hydrogen-bond donors (Lipinski definition) is 2. The van der Waals surface area contributed by atoms with Crippen LogP contribution >= 0.6 is 0 Å². The van der Waals surface area contributed by atoms with Crippen molar-refractivity contribution in [1.82, 2.24) is 10.2 Å².